The highest BCUT2D eigenvalue weighted by molar-refractivity contribution is 5.38. The van der Waals surface area contributed by atoms with E-state index in [-0.39, 0.29) is 11.7 Å². The quantitative estimate of drug-likeness (QED) is 0.589. The van der Waals surface area contributed by atoms with E-state index in [1.807, 2.05) is 5.43 Å². The lowest BCUT2D eigenvalue weighted by Crippen LogP contribution is -2.12. The fraction of sp³-hybridized carbons (Fsp3) is 0.444. The molecule has 0 radical (unpaired) electrons. The molecule has 6 heteroatoms. The van der Waals surface area contributed by atoms with Crippen LogP contribution in [0.15, 0.2) is 6.07 Å². The van der Waals surface area contributed by atoms with Gasteiger partial charge >= 0.3 is 0 Å². The first-order chi connectivity index (χ1) is 7.20. The molecule has 0 spiro atoms. The van der Waals surface area contributed by atoms with E-state index in [9.17, 15) is 8.78 Å². The van der Waals surface area contributed by atoms with Crippen LogP contribution in [-0.4, -0.2) is 11.6 Å². The Bertz CT molecular complexity index is 369. The number of nitrogens with one attached hydrogen (secondary N) is 1. The van der Waals surface area contributed by atoms with E-state index in [0.29, 0.717) is 18.6 Å². The molecule has 1 aromatic rings. The Morgan fingerprint density at radius 2 is 2.20 bits per heavy atom. The lowest BCUT2D eigenvalue weighted by molar-refractivity contribution is 0.272. The minimum Gasteiger partial charge on any atom is -0.475 e. The van der Waals surface area contributed by atoms with E-state index < -0.39 is 11.6 Å². The van der Waals surface area contributed by atoms with E-state index in [2.05, 4.69) is 4.98 Å². The summed E-state index contributed by atoms with van der Waals surface area (Å²) in [7, 11) is 0. The summed E-state index contributed by atoms with van der Waals surface area (Å²) >= 11 is 0. The van der Waals surface area contributed by atoms with Crippen molar-refractivity contribution in [3.8, 4) is 5.88 Å². The number of nitrogen functional groups attached to an aromatic ring is 1. The van der Waals surface area contributed by atoms with Crippen molar-refractivity contribution in [2.24, 2.45) is 11.8 Å². The summed E-state index contributed by atoms with van der Waals surface area (Å²) < 4.78 is 31.2. The van der Waals surface area contributed by atoms with Crippen LogP contribution in [0, 0.1) is 17.6 Å². The highest BCUT2D eigenvalue weighted by Crippen LogP contribution is 2.30. The van der Waals surface area contributed by atoms with Crippen molar-refractivity contribution in [1.82, 2.24) is 4.98 Å². The number of anilines is 1. The summed E-state index contributed by atoms with van der Waals surface area (Å²) in [6.45, 7) is 0.416. The second-order valence-corrected chi connectivity index (χ2v) is 3.50. The van der Waals surface area contributed by atoms with Gasteiger partial charge in [-0.1, -0.05) is 0 Å². The zero-order valence-corrected chi connectivity index (χ0v) is 7.96. The number of nitrogens with two attached hydrogens (primary N) is 1. The molecule has 0 aromatic carbocycles. The second kappa shape index (κ2) is 3.98. The van der Waals surface area contributed by atoms with Gasteiger partial charge in [-0.05, 0) is 18.8 Å². The van der Waals surface area contributed by atoms with Gasteiger partial charge in [-0.3, -0.25) is 0 Å². The summed E-state index contributed by atoms with van der Waals surface area (Å²) in [6.07, 6.45) is 2.18. The van der Waals surface area contributed by atoms with E-state index in [4.69, 9.17) is 10.6 Å². The van der Waals surface area contributed by atoms with E-state index >= 15 is 0 Å². The van der Waals surface area contributed by atoms with Gasteiger partial charge in [0.2, 0.25) is 0 Å². The third-order valence-electron chi connectivity index (χ3n) is 2.19. The predicted molar refractivity (Wildman–Crippen MR) is 50.2 cm³/mol. The van der Waals surface area contributed by atoms with Gasteiger partial charge in [-0.25, -0.2) is 14.6 Å². The number of ether oxygens (including phenoxy) is 1. The van der Waals surface area contributed by atoms with E-state index in [1.165, 1.54) is 0 Å². The molecule has 2 rings (SSSR count). The molecule has 3 N–H and O–H groups in total. The summed E-state index contributed by atoms with van der Waals surface area (Å²) in [6, 6.07) is 0.699. The largest absolute Gasteiger partial charge is 0.475 e. The monoisotopic (exact) mass is 215 g/mol. The maximum atomic E-state index is 13.1. The Balaban J connectivity index is 2.13. The number of halogens is 2. The van der Waals surface area contributed by atoms with Crippen LogP contribution in [-0.2, 0) is 0 Å². The summed E-state index contributed by atoms with van der Waals surface area (Å²) in [5, 5.41) is 0. The molecule has 1 aliphatic rings. The Morgan fingerprint density at radius 1 is 1.47 bits per heavy atom. The lowest BCUT2D eigenvalue weighted by Gasteiger charge is -2.07. The molecule has 1 fully saturated rings. The summed E-state index contributed by atoms with van der Waals surface area (Å²) in [4.78, 5) is 3.58. The van der Waals surface area contributed by atoms with Gasteiger partial charge in [0.05, 0.1) is 6.61 Å². The van der Waals surface area contributed by atoms with Crippen molar-refractivity contribution in [2.75, 3.05) is 12.0 Å². The minimum absolute atomic E-state index is 0.212. The fourth-order valence-electron chi connectivity index (χ4n) is 1.13. The second-order valence-electron chi connectivity index (χ2n) is 3.50. The van der Waals surface area contributed by atoms with Crippen LogP contribution in [0.2, 0.25) is 0 Å². The number of pyridine rings is 1. The number of aromatic nitrogens is 1. The third kappa shape index (κ3) is 2.33. The van der Waals surface area contributed by atoms with Gasteiger partial charge < -0.3 is 10.2 Å². The molecule has 15 heavy (non-hydrogen) atoms. The zero-order valence-electron chi connectivity index (χ0n) is 7.96. The molecule has 1 heterocycles. The number of nitrogens with zero attached hydrogens (tertiary/aromatic N) is 1. The first-order valence-electron chi connectivity index (χ1n) is 4.66. The lowest BCUT2D eigenvalue weighted by atomic mass is 10.4. The van der Waals surface area contributed by atoms with E-state index in [0.717, 1.165) is 12.8 Å². The number of rotatable bonds is 4. The molecular formula is C9H11F2N3O. The van der Waals surface area contributed by atoms with Crippen LogP contribution in [0.5, 0.6) is 5.88 Å². The molecule has 0 atom stereocenters. The van der Waals surface area contributed by atoms with Crippen LogP contribution >= 0.6 is 0 Å². The molecule has 1 aromatic heterocycles. The van der Waals surface area contributed by atoms with Crippen LogP contribution in [0.3, 0.4) is 0 Å². The Labute approximate surface area is 85.4 Å². The molecule has 0 unspecified atom stereocenters. The van der Waals surface area contributed by atoms with Crippen LogP contribution in [0.1, 0.15) is 12.8 Å². The predicted octanol–water partition coefficient (Wildman–Crippen LogP) is 1.43. The Kier molecular flexibility index (Phi) is 2.68. The first kappa shape index (κ1) is 10.1. The highest BCUT2D eigenvalue weighted by Gasteiger charge is 2.23. The number of hydrogen-bond acceptors (Lipinski definition) is 4. The van der Waals surface area contributed by atoms with Crippen molar-refractivity contribution in [3.63, 3.8) is 0 Å². The van der Waals surface area contributed by atoms with Crippen molar-refractivity contribution < 1.29 is 13.5 Å². The third-order valence-corrected chi connectivity index (χ3v) is 2.19. The minimum atomic E-state index is -0.839. The van der Waals surface area contributed by atoms with Crippen molar-refractivity contribution in [3.05, 3.63) is 17.7 Å². The van der Waals surface area contributed by atoms with Crippen molar-refractivity contribution >= 4 is 5.82 Å². The van der Waals surface area contributed by atoms with Crippen LogP contribution in [0.4, 0.5) is 14.6 Å². The van der Waals surface area contributed by atoms with E-state index in [1.54, 1.807) is 0 Å². The first-order valence-corrected chi connectivity index (χ1v) is 4.66. The normalized spacial score (nSPS) is 15.1. The molecule has 1 saturated carbocycles. The molecule has 4 nitrogen and oxygen atoms in total. The SMILES string of the molecule is NNc1nc(OCC2CC2)c(F)cc1F. The van der Waals surface area contributed by atoms with Crippen LogP contribution < -0.4 is 16.0 Å². The molecular weight excluding hydrogens is 204 g/mol. The highest BCUT2D eigenvalue weighted by atomic mass is 19.1. The Hall–Kier alpha value is -1.43. The van der Waals surface area contributed by atoms with Gasteiger partial charge in [0, 0.05) is 6.07 Å². The summed E-state index contributed by atoms with van der Waals surface area (Å²) in [5.41, 5.74) is 2.03. The average Bonchev–Trinajstić information content (AvgIpc) is 3.00. The molecule has 1 aliphatic carbocycles. The maximum absolute atomic E-state index is 13.1. The van der Waals surface area contributed by atoms with Gasteiger partial charge in [0.1, 0.15) is 0 Å². The van der Waals surface area contributed by atoms with Gasteiger partial charge in [-0.2, -0.15) is 4.98 Å². The zero-order chi connectivity index (χ0) is 10.8. The molecule has 82 valence electrons. The molecule has 0 aliphatic heterocycles. The van der Waals surface area contributed by atoms with Gasteiger partial charge in [-0.15, -0.1) is 0 Å². The summed E-state index contributed by atoms with van der Waals surface area (Å²) in [5.74, 6) is 3.40. The molecule has 0 bridgehead atoms. The number of hydrazine groups is 1. The fourth-order valence-corrected chi connectivity index (χ4v) is 1.13. The molecule has 0 saturated heterocycles. The average molecular weight is 215 g/mol. The molecule has 0 amide bonds. The maximum Gasteiger partial charge on any atom is 0.252 e. The van der Waals surface area contributed by atoms with Crippen molar-refractivity contribution in [1.29, 1.82) is 0 Å². The van der Waals surface area contributed by atoms with Gasteiger partial charge in [0.15, 0.2) is 17.5 Å². The van der Waals surface area contributed by atoms with Gasteiger partial charge in [0.25, 0.3) is 5.88 Å². The Morgan fingerprint density at radius 3 is 2.80 bits per heavy atom. The van der Waals surface area contributed by atoms with Crippen molar-refractivity contribution in [2.45, 2.75) is 12.8 Å². The number of hydrogen-bond donors (Lipinski definition) is 2. The smallest absolute Gasteiger partial charge is 0.252 e. The van der Waals surface area contributed by atoms with Crippen LogP contribution in [0.25, 0.3) is 0 Å². The topological polar surface area (TPSA) is 60.2 Å². The standard InChI is InChI=1S/C9H11F2N3O/c10-6-3-7(11)9(13-8(6)14-12)15-4-5-1-2-5/h3,5H,1-2,4,12H2,(H,13,14).